The molecule has 3 heterocycles. The van der Waals surface area contributed by atoms with Crippen LogP contribution < -0.4 is 26.5 Å². The Kier molecular flexibility index (Phi) is 7.19. The number of nitrogens with zero attached hydrogens (tertiary/aromatic N) is 5. The minimum absolute atomic E-state index is 0.0143. The molecule has 33 heavy (non-hydrogen) atoms. The first-order chi connectivity index (χ1) is 15.6. The molecule has 2 aliphatic heterocycles. The van der Waals surface area contributed by atoms with Gasteiger partial charge in [-0.05, 0) is 13.3 Å². The number of alkyl halides is 3. The molecule has 10 nitrogen and oxygen atoms in total. The Hall–Kier alpha value is -3.24. The van der Waals surface area contributed by atoms with Crippen LogP contribution in [0.1, 0.15) is 13.3 Å². The highest BCUT2D eigenvalue weighted by Crippen LogP contribution is 2.38. The van der Waals surface area contributed by atoms with Gasteiger partial charge in [-0.1, -0.05) is 12.0 Å². The lowest BCUT2D eigenvalue weighted by Crippen LogP contribution is -2.61. The van der Waals surface area contributed by atoms with Crippen LogP contribution in [-0.2, 0) is 23.2 Å². The van der Waals surface area contributed by atoms with Gasteiger partial charge in [0.1, 0.15) is 0 Å². The van der Waals surface area contributed by atoms with Crippen molar-refractivity contribution in [1.82, 2.24) is 19.4 Å². The van der Waals surface area contributed by atoms with E-state index in [1.54, 1.807) is 11.8 Å². The maximum Gasteiger partial charge on any atom is 0.493 e. The Morgan fingerprint density at radius 3 is 2.55 bits per heavy atom. The summed E-state index contributed by atoms with van der Waals surface area (Å²) in [5.41, 5.74) is -1.55. The molecule has 1 N–H and O–H groups in total. The number of halogens is 3. The summed E-state index contributed by atoms with van der Waals surface area (Å²) in [6, 6.07) is 0. The van der Waals surface area contributed by atoms with Crippen LogP contribution in [0.3, 0.4) is 0 Å². The third kappa shape index (κ3) is 4.62. The van der Waals surface area contributed by atoms with Crippen LogP contribution in [-0.4, -0.2) is 65.2 Å². The molecule has 0 spiro atoms. The number of allylic oxidation sites excluding steroid dienone is 1. The normalized spacial score (nSPS) is 18.5. The van der Waals surface area contributed by atoms with Crippen LogP contribution in [0.5, 0.6) is 0 Å². The number of anilines is 2. The molecule has 0 aromatic carbocycles. The summed E-state index contributed by atoms with van der Waals surface area (Å²) in [4.78, 5) is 46.0. The fraction of sp³-hybridized carbons (Fsp3) is 0.550. The topological polar surface area (TPSA) is 92.1 Å². The fourth-order valence-corrected chi connectivity index (χ4v) is 3.80. The minimum atomic E-state index is -5.28. The van der Waals surface area contributed by atoms with E-state index in [1.807, 2.05) is 0 Å². The molecule has 0 aliphatic carbocycles. The molecule has 1 fully saturated rings. The Balaban J connectivity index is 2.28. The number of hydroxylamine groups is 1. The molecule has 1 unspecified atom stereocenters. The van der Waals surface area contributed by atoms with Crippen molar-refractivity contribution in [3.63, 3.8) is 0 Å². The van der Waals surface area contributed by atoms with E-state index in [4.69, 9.17) is 4.84 Å². The molecule has 13 heteroatoms. The molecule has 2 aliphatic rings. The van der Waals surface area contributed by atoms with Gasteiger partial charge in [0.25, 0.3) is 5.56 Å². The van der Waals surface area contributed by atoms with Crippen LogP contribution in [0, 0.1) is 11.8 Å². The van der Waals surface area contributed by atoms with Crippen LogP contribution in [0.25, 0.3) is 0 Å². The van der Waals surface area contributed by atoms with Crippen molar-refractivity contribution in [3.05, 3.63) is 33.5 Å². The number of hydrogen-bond donors (Lipinski definition) is 1. The predicted molar refractivity (Wildman–Crippen MR) is 114 cm³/mol. The highest BCUT2D eigenvalue weighted by Gasteiger charge is 2.50. The summed E-state index contributed by atoms with van der Waals surface area (Å²) in [5.74, 6) is 2.85. The van der Waals surface area contributed by atoms with Crippen molar-refractivity contribution in [3.8, 4) is 11.8 Å². The number of hydrogen-bond acceptors (Lipinski definition) is 8. The highest BCUT2D eigenvalue weighted by molar-refractivity contribution is 5.80. The zero-order valence-corrected chi connectivity index (χ0v) is 18.3. The maximum absolute atomic E-state index is 13.2. The van der Waals surface area contributed by atoms with Gasteiger partial charge in [-0.25, -0.2) is 9.59 Å². The van der Waals surface area contributed by atoms with Crippen molar-refractivity contribution in [1.29, 1.82) is 0 Å². The maximum atomic E-state index is 13.2. The second-order valence-corrected chi connectivity index (χ2v) is 7.44. The van der Waals surface area contributed by atoms with Crippen molar-refractivity contribution in [2.24, 2.45) is 7.05 Å². The highest BCUT2D eigenvalue weighted by atomic mass is 19.4. The number of nitrogens with one attached hydrogen (secondary N) is 1. The van der Waals surface area contributed by atoms with Crippen LogP contribution in [0.15, 0.2) is 22.2 Å². The molecule has 3 rings (SSSR count). The third-order valence-corrected chi connectivity index (χ3v) is 5.35. The number of carbonyl (C=O) groups excluding carboxylic acids is 1. The Morgan fingerprint density at radius 2 is 1.97 bits per heavy atom. The van der Waals surface area contributed by atoms with Gasteiger partial charge < -0.3 is 15.1 Å². The van der Waals surface area contributed by atoms with Crippen molar-refractivity contribution in [2.75, 3.05) is 42.7 Å². The molecule has 0 saturated carbocycles. The van der Waals surface area contributed by atoms with Crippen molar-refractivity contribution in [2.45, 2.75) is 32.4 Å². The summed E-state index contributed by atoms with van der Waals surface area (Å²) in [6.45, 7) is 7.02. The number of rotatable bonds is 6. The van der Waals surface area contributed by atoms with Crippen molar-refractivity contribution < 1.29 is 22.8 Å². The van der Waals surface area contributed by atoms with Crippen LogP contribution >= 0.6 is 0 Å². The zero-order chi connectivity index (χ0) is 24.3. The third-order valence-electron chi connectivity index (χ3n) is 5.35. The van der Waals surface area contributed by atoms with Gasteiger partial charge in [0.05, 0.1) is 6.54 Å². The lowest BCUT2D eigenvalue weighted by molar-refractivity contribution is -0.203. The van der Waals surface area contributed by atoms with Crippen LogP contribution in [0.2, 0.25) is 0 Å². The molecule has 0 bridgehead atoms. The Morgan fingerprint density at radius 1 is 1.30 bits per heavy atom. The standard InChI is InChI=1S/C20H25F3N6O4/c1-4-6-10-27-14-15(28(11-7-5-2)19(32)25(3)16(14)30)29(33-17(31)20(21,22)23)18(27)26-12-8-24-9-13-26/h5,18,24H,2,7-13H2,1,3H3. The molecule has 1 saturated heterocycles. The summed E-state index contributed by atoms with van der Waals surface area (Å²) >= 11 is 0. The van der Waals surface area contributed by atoms with Gasteiger partial charge in [-0.15, -0.1) is 17.6 Å². The van der Waals surface area contributed by atoms with E-state index in [0.29, 0.717) is 32.6 Å². The van der Waals surface area contributed by atoms with E-state index in [-0.39, 0.29) is 24.6 Å². The van der Waals surface area contributed by atoms with E-state index < -0.39 is 29.7 Å². The van der Waals surface area contributed by atoms with Gasteiger partial charge in [0.15, 0.2) is 17.8 Å². The summed E-state index contributed by atoms with van der Waals surface area (Å²) in [6.07, 6.45) is -4.56. The number of fused-ring (bicyclic) bond motifs is 1. The van der Waals surface area contributed by atoms with Gasteiger partial charge in [0, 0.05) is 39.8 Å². The Bertz CT molecular complexity index is 1090. The first-order valence-corrected chi connectivity index (χ1v) is 10.3. The van der Waals surface area contributed by atoms with E-state index in [9.17, 15) is 27.6 Å². The lowest BCUT2D eigenvalue weighted by Gasteiger charge is -2.40. The Labute approximate surface area is 187 Å². The largest absolute Gasteiger partial charge is 0.493 e. The molecule has 1 atom stereocenters. The molecular weight excluding hydrogens is 445 g/mol. The molecule has 180 valence electrons. The quantitative estimate of drug-likeness (QED) is 0.459. The second-order valence-electron chi connectivity index (χ2n) is 7.44. The van der Waals surface area contributed by atoms with Crippen LogP contribution in [0.4, 0.5) is 24.7 Å². The summed E-state index contributed by atoms with van der Waals surface area (Å²) in [7, 11) is 1.28. The first-order valence-electron chi connectivity index (χ1n) is 10.3. The fourth-order valence-electron chi connectivity index (χ4n) is 3.80. The van der Waals surface area contributed by atoms with E-state index in [1.165, 1.54) is 18.0 Å². The smallest absolute Gasteiger partial charge is 0.327 e. The average Bonchev–Trinajstić information content (AvgIpc) is 3.09. The number of aromatic nitrogens is 2. The predicted octanol–water partition coefficient (Wildman–Crippen LogP) is -0.0179. The van der Waals surface area contributed by atoms with Crippen molar-refractivity contribution >= 4 is 17.5 Å². The molecular formula is C20H25F3N6O4. The average molecular weight is 470 g/mol. The SMILES string of the molecule is C=CCCn1c2c(c(=O)n(C)c1=O)N(CC#CC)C(N1CCNCC1)N2OC(=O)C(F)(F)F. The summed E-state index contributed by atoms with van der Waals surface area (Å²) in [5, 5.41) is 3.86. The monoisotopic (exact) mass is 470 g/mol. The van der Waals surface area contributed by atoms with Gasteiger partial charge >= 0.3 is 17.8 Å². The lowest BCUT2D eigenvalue weighted by atomic mass is 10.3. The van der Waals surface area contributed by atoms with Gasteiger partial charge in [-0.2, -0.15) is 13.2 Å². The van der Waals surface area contributed by atoms with E-state index >= 15 is 0 Å². The summed E-state index contributed by atoms with van der Waals surface area (Å²) < 4.78 is 41.5. The number of carbonyl (C=O) groups is 1. The molecule has 0 amide bonds. The first kappa shape index (κ1) is 24.4. The second kappa shape index (κ2) is 9.72. The minimum Gasteiger partial charge on any atom is -0.327 e. The molecule has 1 aromatic rings. The van der Waals surface area contributed by atoms with E-state index in [2.05, 4.69) is 23.7 Å². The van der Waals surface area contributed by atoms with E-state index in [0.717, 1.165) is 14.2 Å². The molecule has 0 radical (unpaired) electrons. The van der Waals surface area contributed by atoms with Gasteiger partial charge in [-0.3, -0.25) is 18.8 Å². The number of piperazine rings is 1. The molecule has 1 aromatic heterocycles. The van der Waals surface area contributed by atoms with Gasteiger partial charge in [0.2, 0.25) is 0 Å². The zero-order valence-electron chi connectivity index (χ0n) is 18.3.